The van der Waals surface area contributed by atoms with Crippen LogP contribution in [0.25, 0.3) is 11.0 Å². The van der Waals surface area contributed by atoms with Gasteiger partial charge in [0.25, 0.3) is 0 Å². The Bertz CT molecular complexity index is 674. The summed E-state index contributed by atoms with van der Waals surface area (Å²) < 4.78 is 11.2. The van der Waals surface area contributed by atoms with E-state index in [0.717, 1.165) is 55.0 Å². The zero-order valence-electron chi connectivity index (χ0n) is 13.4. The van der Waals surface area contributed by atoms with Gasteiger partial charge in [0.1, 0.15) is 6.29 Å². The summed E-state index contributed by atoms with van der Waals surface area (Å²) in [5, 5.41) is 0. The van der Waals surface area contributed by atoms with Gasteiger partial charge in [-0.1, -0.05) is 0 Å². The molecule has 3 heterocycles. The second-order valence-corrected chi connectivity index (χ2v) is 5.94. The molecule has 122 valence electrons. The molecule has 0 radical (unpaired) electrons. The number of ether oxygens (including phenoxy) is 2. The lowest BCUT2D eigenvalue weighted by atomic mass is 9.97. The molecule has 2 aromatic heterocycles. The predicted molar refractivity (Wildman–Crippen MR) is 87.6 cm³/mol. The van der Waals surface area contributed by atoms with E-state index in [4.69, 9.17) is 9.47 Å². The summed E-state index contributed by atoms with van der Waals surface area (Å²) in [6, 6.07) is 5.77. The van der Waals surface area contributed by atoms with Crippen LogP contribution < -0.4 is 4.74 Å². The number of carbonyl (C=O) groups is 1. The summed E-state index contributed by atoms with van der Waals surface area (Å²) in [7, 11) is 1.62. The van der Waals surface area contributed by atoms with Crippen LogP contribution in [0.15, 0.2) is 24.4 Å². The molecule has 2 unspecified atom stereocenters. The first-order valence-corrected chi connectivity index (χ1v) is 8.18. The van der Waals surface area contributed by atoms with Crippen LogP contribution in [-0.2, 0) is 16.0 Å². The molecule has 0 aromatic carbocycles. The number of rotatable bonds is 6. The fraction of sp³-hybridized carbons (Fsp3) is 0.500. The first kappa shape index (κ1) is 15.9. The Labute approximate surface area is 136 Å². The van der Waals surface area contributed by atoms with Gasteiger partial charge in [0, 0.05) is 18.7 Å². The zero-order valence-corrected chi connectivity index (χ0v) is 13.4. The SMILES string of the molecule is COc1ccc2nccc(CCC3CCCC(CC=O)O3)c2n1. The maximum atomic E-state index is 10.7. The molecule has 1 aliphatic heterocycles. The quantitative estimate of drug-likeness (QED) is 0.767. The third-order valence-corrected chi connectivity index (χ3v) is 4.38. The zero-order chi connectivity index (χ0) is 16.1. The van der Waals surface area contributed by atoms with Gasteiger partial charge in [0.2, 0.25) is 5.88 Å². The largest absolute Gasteiger partial charge is 0.481 e. The van der Waals surface area contributed by atoms with Crippen molar-refractivity contribution in [3.05, 3.63) is 30.0 Å². The van der Waals surface area contributed by atoms with E-state index in [1.807, 2.05) is 24.4 Å². The van der Waals surface area contributed by atoms with Crippen LogP contribution in [0.3, 0.4) is 0 Å². The summed E-state index contributed by atoms with van der Waals surface area (Å²) in [6.45, 7) is 0. The third-order valence-electron chi connectivity index (χ3n) is 4.38. The first-order valence-electron chi connectivity index (χ1n) is 8.18. The van der Waals surface area contributed by atoms with E-state index in [2.05, 4.69) is 9.97 Å². The van der Waals surface area contributed by atoms with E-state index in [9.17, 15) is 4.79 Å². The molecule has 2 aromatic rings. The molecular formula is C18H22N2O3. The van der Waals surface area contributed by atoms with E-state index in [-0.39, 0.29) is 12.2 Å². The Morgan fingerprint density at radius 1 is 1.30 bits per heavy atom. The van der Waals surface area contributed by atoms with Gasteiger partial charge in [-0.3, -0.25) is 4.98 Å². The Morgan fingerprint density at radius 2 is 2.17 bits per heavy atom. The first-order chi connectivity index (χ1) is 11.3. The summed E-state index contributed by atoms with van der Waals surface area (Å²) in [6.07, 6.45) is 8.62. The summed E-state index contributed by atoms with van der Waals surface area (Å²) in [4.78, 5) is 19.5. The van der Waals surface area contributed by atoms with Crippen molar-refractivity contribution in [2.45, 2.75) is 50.7 Å². The van der Waals surface area contributed by atoms with E-state index in [1.54, 1.807) is 7.11 Å². The second kappa shape index (κ2) is 7.51. The number of pyridine rings is 2. The van der Waals surface area contributed by atoms with Gasteiger partial charge >= 0.3 is 0 Å². The highest BCUT2D eigenvalue weighted by Crippen LogP contribution is 2.25. The molecule has 5 nitrogen and oxygen atoms in total. The Morgan fingerprint density at radius 3 is 3.00 bits per heavy atom. The third kappa shape index (κ3) is 3.85. The summed E-state index contributed by atoms with van der Waals surface area (Å²) in [5.41, 5.74) is 2.94. The highest BCUT2D eigenvalue weighted by atomic mass is 16.5. The molecule has 0 amide bonds. The average Bonchev–Trinajstić information content (AvgIpc) is 2.60. The van der Waals surface area contributed by atoms with Gasteiger partial charge in [-0.15, -0.1) is 0 Å². The Balaban J connectivity index is 1.70. The topological polar surface area (TPSA) is 61.3 Å². The standard InChI is InChI=1S/C18H22N2O3/c1-22-17-8-7-16-18(20-17)13(9-11-19-16)5-6-14-3-2-4-15(23-14)10-12-21/h7-9,11-12,14-15H,2-6,10H2,1H3. The van der Waals surface area contributed by atoms with E-state index < -0.39 is 0 Å². The smallest absolute Gasteiger partial charge is 0.213 e. The molecule has 1 aliphatic rings. The van der Waals surface area contributed by atoms with E-state index in [1.165, 1.54) is 0 Å². The summed E-state index contributed by atoms with van der Waals surface area (Å²) in [5.74, 6) is 0.603. The lowest BCUT2D eigenvalue weighted by Gasteiger charge is -2.29. The highest BCUT2D eigenvalue weighted by Gasteiger charge is 2.22. The van der Waals surface area contributed by atoms with E-state index in [0.29, 0.717) is 12.3 Å². The lowest BCUT2D eigenvalue weighted by Crippen LogP contribution is -2.28. The van der Waals surface area contributed by atoms with Crippen molar-refractivity contribution in [2.24, 2.45) is 0 Å². The van der Waals surface area contributed by atoms with Gasteiger partial charge in [-0.25, -0.2) is 4.98 Å². The molecule has 2 atom stereocenters. The van der Waals surface area contributed by atoms with Gasteiger partial charge < -0.3 is 14.3 Å². The Hall–Kier alpha value is -2.01. The van der Waals surface area contributed by atoms with Crippen molar-refractivity contribution in [1.29, 1.82) is 0 Å². The van der Waals surface area contributed by atoms with Gasteiger partial charge in [-0.2, -0.15) is 0 Å². The summed E-state index contributed by atoms with van der Waals surface area (Å²) >= 11 is 0. The van der Waals surface area contributed by atoms with Gasteiger partial charge in [0.05, 0.1) is 30.4 Å². The monoisotopic (exact) mass is 314 g/mol. The second-order valence-electron chi connectivity index (χ2n) is 5.94. The molecule has 0 saturated carbocycles. The van der Waals surface area contributed by atoms with Crippen molar-refractivity contribution < 1.29 is 14.3 Å². The van der Waals surface area contributed by atoms with Crippen molar-refractivity contribution >= 4 is 17.3 Å². The maximum Gasteiger partial charge on any atom is 0.213 e. The van der Waals surface area contributed by atoms with Crippen LogP contribution in [0.4, 0.5) is 0 Å². The van der Waals surface area contributed by atoms with Crippen molar-refractivity contribution in [3.63, 3.8) is 0 Å². The number of hydrogen-bond donors (Lipinski definition) is 0. The van der Waals surface area contributed by atoms with Gasteiger partial charge in [-0.05, 0) is 49.8 Å². The van der Waals surface area contributed by atoms with Crippen molar-refractivity contribution in [2.75, 3.05) is 7.11 Å². The number of hydrogen-bond acceptors (Lipinski definition) is 5. The Kier molecular flexibility index (Phi) is 5.18. The normalized spacial score (nSPS) is 21.3. The lowest BCUT2D eigenvalue weighted by molar-refractivity contribution is -0.114. The average molecular weight is 314 g/mol. The molecule has 5 heteroatoms. The van der Waals surface area contributed by atoms with Crippen LogP contribution >= 0.6 is 0 Å². The molecule has 0 N–H and O–H groups in total. The highest BCUT2D eigenvalue weighted by molar-refractivity contribution is 5.78. The number of fused-ring (bicyclic) bond motifs is 1. The maximum absolute atomic E-state index is 10.7. The molecule has 3 rings (SSSR count). The minimum atomic E-state index is 0.0960. The molecule has 0 spiro atoms. The molecule has 23 heavy (non-hydrogen) atoms. The number of methoxy groups -OCH3 is 1. The predicted octanol–water partition coefficient (Wildman–Crippen LogP) is 3.10. The van der Waals surface area contributed by atoms with Crippen LogP contribution in [-0.4, -0.2) is 35.6 Å². The molecule has 1 saturated heterocycles. The fourth-order valence-electron chi connectivity index (χ4n) is 3.17. The number of nitrogens with zero attached hydrogens (tertiary/aromatic N) is 2. The fourth-order valence-corrected chi connectivity index (χ4v) is 3.17. The van der Waals surface area contributed by atoms with Crippen LogP contribution in [0, 0.1) is 0 Å². The van der Waals surface area contributed by atoms with Crippen molar-refractivity contribution in [3.8, 4) is 5.88 Å². The number of aryl methyl sites for hydroxylation is 1. The number of aldehydes is 1. The molecule has 0 bridgehead atoms. The minimum absolute atomic E-state index is 0.0960. The van der Waals surface area contributed by atoms with Crippen molar-refractivity contribution in [1.82, 2.24) is 9.97 Å². The van der Waals surface area contributed by atoms with Gasteiger partial charge in [0.15, 0.2) is 0 Å². The van der Waals surface area contributed by atoms with Crippen LogP contribution in [0.5, 0.6) is 5.88 Å². The minimum Gasteiger partial charge on any atom is -0.481 e. The van der Waals surface area contributed by atoms with Crippen LogP contribution in [0.1, 0.15) is 37.7 Å². The molecular weight excluding hydrogens is 292 g/mol. The number of carbonyl (C=O) groups excluding carboxylic acids is 1. The van der Waals surface area contributed by atoms with Crippen LogP contribution in [0.2, 0.25) is 0 Å². The molecule has 1 fully saturated rings. The molecule has 0 aliphatic carbocycles. The number of aromatic nitrogens is 2. The van der Waals surface area contributed by atoms with E-state index >= 15 is 0 Å².